The molecule has 0 aliphatic carbocycles. The summed E-state index contributed by atoms with van der Waals surface area (Å²) >= 11 is 0. The van der Waals surface area contributed by atoms with Crippen molar-refractivity contribution in [1.82, 2.24) is 4.98 Å². The summed E-state index contributed by atoms with van der Waals surface area (Å²) in [5.41, 5.74) is -2.17. The zero-order valence-corrected chi connectivity index (χ0v) is 11.7. The Morgan fingerprint density at radius 3 is 2.05 bits per heavy atom. The van der Waals surface area contributed by atoms with Gasteiger partial charge in [-0.2, -0.15) is 0 Å². The van der Waals surface area contributed by atoms with E-state index in [0.717, 1.165) is 0 Å². The maximum atomic E-state index is 11.8. The first kappa shape index (κ1) is 16.9. The van der Waals surface area contributed by atoms with Crippen molar-refractivity contribution in [2.45, 2.75) is 13.8 Å². The van der Waals surface area contributed by atoms with Crippen LogP contribution in [-0.2, 0) is 0 Å². The van der Waals surface area contributed by atoms with E-state index >= 15 is 0 Å². The second kappa shape index (κ2) is 6.56. The van der Waals surface area contributed by atoms with E-state index in [0.29, 0.717) is 15.9 Å². The Morgan fingerprint density at radius 1 is 1.18 bits per heavy atom. The van der Waals surface area contributed by atoms with Gasteiger partial charge in [0.25, 0.3) is 5.43 Å². The Morgan fingerprint density at radius 2 is 1.68 bits per heavy atom. The summed E-state index contributed by atoms with van der Waals surface area (Å²) in [6.45, 7) is 2.43. The van der Waals surface area contributed by atoms with Crippen molar-refractivity contribution in [3.05, 3.63) is 26.4 Å². The fourth-order valence-corrected chi connectivity index (χ4v) is 1.82. The number of amides is 2. The van der Waals surface area contributed by atoms with Crippen LogP contribution in [0.15, 0.2) is 10.9 Å². The molecule has 0 radical (unpaired) electrons. The van der Waals surface area contributed by atoms with Gasteiger partial charge in [-0.1, -0.05) is 0 Å². The molecule has 0 aliphatic heterocycles. The van der Waals surface area contributed by atoms with Crippen molar-refractivity contribution in [2.75, 3.05) is 22.9 Å². The number of carbonyl (C=O) groups excluding carboxylic acids is 2. The number of H-pyrrole nitrogens is 1. The first-order valence-corrected chi connectivity index (χ1v) is 6.13. The number of nitrogens with one attached hydrogen (secondary N) is 1. The molecule has 0 atom stereocenters. The van der Waals surface area contributed by atoms with Gasteiger partial charge >= 0.3 is 5.69 Å². The molecule has 1 rings (SSSR count). The van der Waals surface area contributed by atoms with E-state index in [4.69, 9.17) is 0 Å². The molecule has 0 fully saturated rings. The molecule has 22 heavy (non-hydrogen) atoms. The molecule has 0 aromatic carbocycles. The highest BCUT2D eigenvalue weighted by atomic mass is 16.6. The fraction of sp³-hybridized carbons (Fsp3) is 0.364. The molecule has 0 aliphatic rings. The van der Waals surface area contributed by atoms with Gasteiger partial charge in [-0.3, -0.25) is 14.9 Å². The molecule has 0 spiro atoms. The van der Waals surface area contributed by atoms with Crippen molar-refractivity contribution in [1.29, 1.82) is 0 Å². The third-order valence-electron chi connectivity index (χ3n) is 2.79. The van der Waals surface area contributed by atoms with Crippen LogP contribution < -0.4 is 25.4 Å². The normalized spacial score (nSPS) is 10.1. The van der Waals surface area contributed by atoms with E-state index in [2.05, 4.69) is 4.98 Å². The van der Waals surface area contributed by atoms with Crippen LogP contribution in [0.5, 0.6) is 0 Å². The molecule has 0 saturated carbocycles. The predicted octanol–water partition coefficient (Wildman–Crippen LogP) is -1.38. The van der Waals surface area contributed by atoms with Crippen LogP contribution in [0.4, 0.5) is 26.9 Å². The molecule has 1 aromatic rings. The molecule has 120 valence electrons. The molecule has 11 heteroatoms. The molecule has 1 N–H and O–H groups in total. The highest BCUT2D eigenvalue weighted by Crippen LogP contribution is 2.25. The lowest BCUT2D eigenvalue weighted by molar-refractivity contribution is -0.385. The van der Waals surface area contributed by atoms with E-state index in [9.17, 15) is 34.7 Å². The van der Waals surface area contributed by atoms with Gasteiger partial charge in [-0.15, -0.1) is 0 Å². The van der Waals surface area contributed by atoms with Crippen molar-refractivity contribution in [2.24, 2.45) is 0 Å². The number of anilines is 2. The number of hydrogen-bond acceptors (Lipinski definition) is 7. The Balaban J connectivity index is 3.66. The highest BCUT2D eigenvalue weighted by molar-refractivity contribution is 5.88. The van der Waals surface area contributed by atoms with E-state index in [1.54, 1.807) is 0 Å². The maximum absolute atomic E-state index is 11.8. The Hall–Kier alpha value is -3.11. The number of rotatable bonds is 5. The Bertz CT molecular complexity index is 669. The largest absolute Gasteiger partial charge is 0.530 e. The lowest BCUT2D eigenvalue weighted by Gasteiger charge is -2.27. The third kappa shape index (κ3) is 3.13. The van der Waals surface area contributed by atoms with E-state index < -0.39 is 34.0 Å². The number of aromatic amines is 1. The minimum absolute atomic E-state index is 0.118. The van der Waals surface area contributed by atoms with E-state index in [1.807, 2.05) is 0 Å². The summed E-state index contributed by atoms with van der Waals surface area (Å²) in [6.07, 6.45) is -3.44. The van der Waals surface area contributed by atoms with Gasteiger partial charge < -0.3 is 34.6 Å². The number of hydrogen-bond donors (Lipinski definition) is 1. The van der Waals surface area contributed by atoms with Crippen molar-refractivity contribution in [3.8, 4) is 0 Å². The smallest absolute Gasteiger partial charge is 0.356 e. The van der Waals surface area contributed by atoms with Gasteiger partial charge in [0.2, 0.25) is 0 Å². The van der Waals surface area contributed by atoms with E-state index in [-0.39, 0.29) is 18.9 Å². The summed E-state index contributed by atoms with van der Waals surface area (Å²) in [5, 5.41) is 33.0. The third-order valence-corrected chi connectivity index (χ3v) is 2.79. The molecule has 1 heterocycles. The minimum atomic E-state index is -1.78. The van der Waals surface area contributed by atoms with E-state index in [1.165, 1.54) is 13.8 Å². The van der Waals surface area contributed by atoms with Gasteiger partial charge in [0.05, 0.1) is 4.92 Å². The number of carbonyl (C=O) groups is 2. The lowest BCUT2D eigenvalue weighted by Crippen LogP contribution is -2.44. The first-order valence-electron chi connectivity index (χ1n) is 6.13. The molecular formula is C11H12N4O7-2. The summed E-state index contributed by atoms with van der Waals surface area (Å²) in [4.78, 5) is 47.0. The second-order valence-corrected chi connectivity index (χ2v) is 3.99. The van der Waals surface area contributed by atoms with Gasteiger partial charge in [-0.25, -0.2) is 0 Å². The zero-order chi connectivity index (χ0) is 17.0. The fourth-order valence-electron chi connectivity index (χ4n) is 1.82. The van der Waals surface area contributed by atoms with Crippen molar-refractivity contribution >= 4 is 29.5 Å². The number of nitrogens with zero attached hydrogens (tertiary/aromatic N) is 3. The monoisotopic (exact) mass is 312 g/mol. The number of nitro groups is 1. The van der Waals surface area contributed by atoms with Crippen LogP contribution in [-0.4, -0.2) is 35.2 Å². The molecule has 1 aromatic heterocycles. The molecule has 2 amide bonds. The first-order chi connectivity index (χ1) is 10.2. The zero-order valence-electron chi connectivity index (χ0n) is 11.7. The van der Waals surface area contributed by atoms with Crippen molar-refractivity contribution < 1.29 is 24.7 Å². The van der Waals surface area contributed by atoms with Crippen molar-refractivity contribution in [3.63, 3.8) is 0 Å². The Kier molecular flexibility index (Phi) is 5.05. The summed E-state index contributed by atoms with van der Waals surface area (Å²) < 4.78 is 0. The van der Waals surface area contributed by atoms with Gasteiger partial charge in [0.15, 0.2) is 5.82 Å². The average molecular weight is 312 g/mol. The topological polar surface area (TPSA) is 163 Å². The number of pyridine rings is 1. The molecule has 11 nitrogen and oxygen atoms in total. The lowest BCUT2D eigenvalue weighted by atomic mass is 10.3. The van der Waals surface area contributed by atoms with Crippen LogP contribution >= 0.6 is 0 Å². The summed E-state index contributed by atoms with van der Waals surface area (Å²) in [5.74, 6) is -1.01. The highest BCUT2D eigenvalue weighted by Gasteiger charge is 2.26. The van der Waals surface area contributed by atoms with Crippen LogP contribution in [0.3, 0.4) is 0 Å². The summed E-state index contributed by atoms with van der Waals surface area (Å²) in [7, 11) is 0. The molecule has 0 unspecified atom stereocenters. The number of aromatic nitrogens is 1. The predicted molar refractivity (Wildman–Crippen MR) is 70.5 cm³/mol. The van der Waals surface area contributed by atoms with Crippen LogP contribution in [0, 0.1) is 10.1 Å². The van der Waals surface area contributed by atoms with Crippen LogP contribution in [0.25, 0.3) is 0 Å². The van der Waals surface area contributed by atoms with Gasteiger partial charge in [0, 0.05) is 19.2 Å². The average Bonchev–Trinajstić information content (AvgIpc) is 2.38. The molecule has 0 saturated heterocycles. The number of carboxylic acid groups (broad SMARTS) is 2. The SMILES string of the molecule is CCN(C(=O)[O-])c1cc(=O)c([N+](=O)[O-])c(N(CC)C(=O)[O-])[nH]1. The van der Waals surface area contributed by atoms with Crippen LogP contribution in [0.2, 0.25) is 0 Å². The van der Waals surface area contributed by atoms with Gasteiger partial charge in [0.1, 0.15) is 18.0 Å². The summed E-state index contributed by atoms with van der Waals surface area (Å²) in [6, 6.07) is 0.685. The second-order valence-electron chi connectivity index (χ2n) is 3.99. The van der Waals surface area contributed by atoms with Gasteiger partial charge in [-0.05, 0) is 13.8 Å². The molecular weight excluding hydrogens is 300 g/mol. The standard InChI is InChI=1S/C11H14N4O7/c1-3-13(10(17)18)7-5-6(16)8(15(21)22)9(12-7)14(4-2)11(19)20/h5H,3-4H2,1-2H3,(H,12,16)(H,17,18)(H,19,20)/p-2. The maximum Gasteiger partial charge on any atom is 0.356 e. The molecule has 0 bridgehead atoms. The minimum Gasteiger partial charge on any atom is -0.530 e. The Labute approximate surface area is 123 Å². The quantitative estimate of drug-likeness (QED) is 0.517. The van der Waals surface area contributed by atoms with Crippen LogP contribution in [0.1, 0.15) is 13.8 Å².